The summed E-state index contributed by atoms with van der Waals surface area (Å²) in [5, 5.41) is 10.3. The van der Waals surface area contributed by atoms with Gasteiger partial charge in [0.15, 0.2) is 0 Å². The number of fused-ring (bicyclic) bond motifs is 1. The Morgan fingerprint density at radius 3 is 2.86 bits per heavy atom. The predicted molar refractivity (Wildman–Crippen MR) is 108 cm³/mol. The highest BCUT2D eigenvalue weighted by atomic mass is 35.5. The van der Waals surface area contributed by atoms with Crippen LogP contribution in [0.4, 0.5) is 0 Å². The number of aromatic nitrogens is 1. The Hall–Kier alpha value is -2.92. The Morgan fingerprint density at radius 1 is 1.18 bits per heavy atom. The Morgan fingerprint density at radius 2 is 2.04 bits per heavy atom. The molecule has 0 radical (unpaired) electrons. The zero-order valence-corrected chi connectivity index (χ0v) is 15.9. The second kappa shape index (κ2) is 7.60. The van der Waals surface area contributed by atoms with Crippen molar-refractivity contribution < 1.29 is 14.7 Å². The first-order chi connectivity index (χ1) is 13.5. The number of hydrogen-bond acceptors (Lipinski definition) is 3. The lowest BCUT2D eigenvalue weighted by atomic mass is 9.97. The SMILES string of the molecule is O=C(O)c1cccc(CC2CCN(C(=O)c3c(Cl)ccc4ncccc34)C2)c1. The van der Waals surface area contributed by atoms with Gasteiger partial charge in [-0.2, -0.15) is 0 Å². The van der Waals surface area contributed by atoms with Crippen molar-refractivity contribution in [2.45, 2.75) is 12.8 Å². The number of likely N-dealkylation sites (tertiary alicyclic amines) is 1. The van der Waals surface area contributed by atoms with E-state index in [0.29, 0.717) is 35.2 Å². The van der Waals surface area contributed by atoms with Crippen molar-refractivity contribution in [3.8, 4) is 0 Å². The number of carboxylic acids is 1. The fourth-order valence-electron chi connectivity index (χ4n) is 3.85. The van der Waals surface area contributed by atoms with Crippen LogP contribution >= 0.6 is 11.6 Å². The monoisotopic (exact) mass is 394 g/mol. The summed E-state index contributed by atoms with van der Waals surface area (Å²) in [6.45, 7) is 1.29. The molecule has 1 atom stereocenters. The maximum absolute atomic E-state index is 13.2. The molecule has 1 unspecified atom stereocenters. The fourth-order valence-corrected chi connectivity index (χ4v) is 4.10. The van der Waals surface area contributed by atoms with Crippen LogP contribution in [0.5, 0.6) is 0 Å². The summed E-state index contributed by atoms with van der Waals surface area (Å²) in [5.74, 6) is -0.713. The minimum absolute atomic E-state index is 0.0783. The summed E-state index contributed by atoms with van der Waals surface area (Å²) >= 11 is 6.36. The van der Waals surface area contributed by atoms with Gasteiger partial charge in [0.1, 0.15) is 0 Å². The number of aromatic carboxylic acids is 1. The fraction of sp³-hybridized carbons (Fsp3) is 0.227. The second-order valence-corrected chi connectivity index (χ2v) is 7.52. The number of nitrogens with zero attached hydrogens (tertiary/aromatic N) is 2. The normalized spacial score (nSPS) is 16.5. The summed E-state index contributed by atoms with van der Waals surface area (Å²) in [6, 6.07) is 14.2. The second-order valence-electron chi connectivity index (χ2n) is 7.11. The van der Waals surface area contributed by atoms with Crippen molar-refractivity contribution >= 4 is 34.4 Å². The predicted octanol–water partition coefficient (Wildman–Crippen LogP) is 4.29. The van der Waals surface area contributed by atoms with Gasteiger partial charge in [-0.3, -0.25) is 9.78 Å². The van der Waals surface area contributed by atoms with E-state index in [1.807, 2.05) is 23.1 Å². The number of pyridine rings is 1. The van der Waals surface area contributed by atoms with Crippen molar-refractivity contribution in [1.29, 1.82) is 0 Å². The van der Waals surface area contributed by atoms with E-state index in [4.69, 9.17) is 16.7 Å². The number of carbonyl (C=O) groups excluding carboxylic acids is 1. The van der Waals surface area contributed by atoms with Gasteiger partial charge in [0, 0.05) is 24.7 Å². The van der Waals surface area contributed by atoms with Crippen LogP contribution in [0.2, 0.25) is 5.02 Å². The van der Waals surface area contributed by atoms with Gasteiger partial charge in [0.2, 0.25) is 0 Å². The molecule has 2 heterocycles. The minimum atomic E-state index is -0.927. The molecular formula is C22H19ClN2O3. The topological polar surface area (TPSA) is 70.5 Å². The first-order valence-corrected chi connectivity index (χ1v) is 9.55. The van der Waals surface area contributed by atoms with Crippen LogP contribution in [-0.4, -0.2) is 40.0 Å². The number of halogens is 1. The van der Waals surface area contributed by atoms with Gasteiger partial charge in [0.25, 0.3) is 5.91 Å². The minimum Gasteiger partial charge on any atom is -0.478 e. The van der Waals surface area contributed by atoms with Crippen LogP contribution in [0.1, 0.15) is 32.7 Å². The number of amides is 1. The lowest BCUT2D eigenvalue weighted by molar-refractivity contribution is 0.0696. The molecule has 4 rings (SSSR count). The molecule has 1 aromatic heterocycles. The average molecular weight is 395 g/mol. The Balaban J connectivity index is 1.52. The third kappa shape index (κ3) is 3.58. The van der Waals surface area contributed by atoms with Crippen molar-refractivity contribution in [3.63, 3.8) is 0 Å². The molecule has 1 aliphatic heterocycles. The highest BCUT2D eigenvalue weighted by Crippen LogP contribution is 2.29. The third-order valence-electron chi connectivity index (χ3n) is 5.22. The quantitative estimate of drug-likeness (QED) is 0.716. The molecule has 28 heavy (non-hydrogen) atoms. The summed E-state index contributed by atoms with van der Waals surface area (Å²) in [6.07, 6.45) is 3.32. The van der Waals surface area contributed by atoms with E-state index in [2.05, 4.69) is 4.98 Å². The van der Waals surface area contributed by atoms with Gasteiger partial charge in [-0.15, -0.1) is 0 Å². The molecule has 0 saturated carbocycles. The summed E-state index contributed by atoms with van der Waals surface area (Å²) in [7, 11) is 0. The zero-order chi connectivity index (χ0) is 19.7. The number of carbonyl (C=O) groups is 2. The van der Waals surface area contributed by atoms with Crippen LogP contribution in [-0.2, 0) is 6.42 Å². The zero-order valence-electron chi connectivity index (χ0n) is 15.1. The Labute approximate surface area is 167 Å². The molecular weight excluding hydrogens is 376 g/mol. The van der Waals surface area contributed by atoms with Crippen LogP contribution in [0.3, 0.4) is 0 Å². The highest BCUT2D eigenvalue weighted by Gasteiger charge is 2.29. The van der Waals surface area contributed by atoms with E-state index in [1.165, 1.54) is 0 Å². The largest absolute Gasteiger partial charge is 0.478 e. The van der Waals surface area contributed by atoms with E-state index in [9.17, 15) is 9.59 Å². The molecule has 3 aromatic rings. The Kier molecular flexibility index (Phi) is 5.01. The molecule has 6 heteroatoms. The van der Waals surface area contributed by atoms with Gasteiger partial charge in [0.05, 0.1) is 21.7 Å². The lowest BCUT2D eigenvalue weighted by Crippen LogP contribution is -2.29. The number of carboxylic acid groups (broad SMARTS) is 1. The number of hydrogen-bond donors (Lipinski definition) is 1. The van der Waals surface area contributed by atoms with Crippen LogP contribution in [0.25, 0.3) is 10.9 Å². The molecule has 2 aromatic carbocycles. The van der Waals surface area contributed by atoms with Gasteiger partial charge in [-0.1, -0.05) is 29.8 Å². The number of benzene rings is 2. The molecule has 1 amide bonds. The molecule has 1 fully saturated rings. The van der Waals surface area contributed by atoms with Crippen molar-refractivity contribution in [3.05, 3.63) is 76.4 Å². The summed E-state index contributed by atoms with van der Waals surface area (Å²) < 4.78 is 0. The molecule has 142 valence electrons. The van der Waals surface area contributed by atoms with E-state index in [0.717, 1.165) is 29.3 Å². The van der Waals surface area contributed by atoms with Gasteiger partial charge in [-0.25, -0.2) is 4.79 Å². The molecule has 5 nitrogen and oxygen atoms in total. The standard InChI is InChI=1S/C22H19ClN2O3/c23-18-6-7-19-17(5-2-9-24-19)20(18)21(26)25-10-8-15(13-25)11-14-3-1-4-16(12-14)22(27)28/h1-7,9,12,15H,8,10-11,13H2,(H,27,28). The van der Waals surface area contributed by atoms with Gasteiger partial charge >= 0.3 is 5.97 Å². The van der Waals surface area contributed by atoms with E-state index >= 15 is 0 Å². The molecule has 0 spiro atoms. The van der Waals surface area contributed by atoms with Crippen LogP contribution in [0, 0.1) is 5.92 Å². The maximum atomic E-state index is 13.2. The highest BCUT2D eigenvalue weighted by molar-refractivity contribution is 6.35. The lowest BCUT2D eigenvalue weighted by Gasteiger charge is -2.18. The summed E-state index contributed by atoms with van der Waals surface area (Å²) in [4.78, 5) is 30.5. The molecule has 0 aliphatic carbocycles. The molecule has 1 aliphatic rings. The average Bonchev–Trinajstić information content (AvgIpc) is 3.16. The van der Waals surface area contributed by atoms with Crippen LogP contribution in [0.15, 0.2) is 54.7 Å². The van der Waals surface area contributed by atoms with Crippen molar-refractivity contribution in [2.24, 2.45) is 5.92 Å². The molecule has 0 bridgehead atoms. The smallest absolute Gasteiger partial charge is 0.335 e. The maximum Gasteiger partial charge on any atom is 0.335 e. The van der Waals surface area contributed by atoms with Crippen molar-refractivity contribution in [1.82, 2.24) is 9.88 Å². The van der Waals surface area contributed by atoms with E-state index in [-0.39, 0.29) is 5.91 Å². The van der Waals surface area contributed by atoms with Gasteiger partial charge in [-0.05, 0) is 54.7 Å². The third-order valence-corrected chi connectivity index (χ3v) is 5.53. The van der Waals surface area contributed by atoms with Gasteiger partial charge < -0.3 is 10.0 Å². The van der Waals surface area contributed by atoms with Crippen molar-refractivity contribution in [2.75, 3.05) is 13.1 Å². The first kappa shape index (κ1) is 18.4. The first-order valence-electron chi connectivity index (χ1n) is 9.17. The van der Waals surface area contributed by atoms with Crippen LogP contribution < -0.4 is 0 Å². The summed E-state index contributed by atoms with van der Waals surface area (Å²) in [5.41, 5.74) is 2.52. The van der Waals surface area contributed by atoms with E-state index in [1.54, 1.807) is 36.5 Å². The molecule has 1 saturated heterocycles. The molecule has 1 N–H and O–H groups in total. The Bertz CT molecular complexity index is 1070. The number of rotatable bonds is 4. The van der Waals surface area contributed by atoms with E-state index < -0.39 is 5.97 Å².